The van der Waals surface area contributed by atoms with E-state index < -0.39 is 0 Å². The van der Waals surface area contributed by atoms with Crippen LogP contribution in [0.15, 0.2) is 90.1 Å². The lowest BCUT2D eigenvalue weighted by Crippen LogP contribution is -2.25. The van der Waals surface area contributed by atoms with Gasteiger partial charge in [-0.3, -0.25) is 4.99 Å². The van der Waals surface area contributed by atoms with Gasteiger partial charge in [0.15, 0.2) is 0 Å². The Balaban J connectivity index is 1.55. The number of anilines is 2. The molecule has 0 bridgehead atoms. The van der Waals surface area contributed by atoms with Crippen LogP contribution in [0.25, 0.3) is 28.1 Å². The zero-order valence-corrected chi connectivity index (χ0v) is 21.7. The van der Waals surface area contributed by atoms with Crippen LogP contribution in [0, 0.1) is 0 Å². The molecule has 1 aliphatic heterocycles. The van der Waals surface area contributed by atoms with Crippen LogP contribution >= 0.6 is 0 Å². The van der Waals surface area contributed by atoms with E-state index in [9.17, 15) is 0 Å². The maximum Gasteiger partial charge on any atom is 0.213 e. The summed E-state index contributed by atoms with van der Waals surface area (Å²) >= 11 is 0. The van der Waals surface area contributed by atoms with Crippen molar-refractivity contribution in [2.75, 3.05) is 19.5 Å². The molecule has 2 aromatic carbocycles. The fourth-order valence-corrected chi connectivity index (χ4v) is 5.24. The first kappa shape index (κ1) is 24.1. The van der Waals surface area contributed by atoms with E-state index in [1.807, 2.05) is 24.3 Å². The van der Waals surface area contributed by atoms with E-state index >= 15 is 0 Å². The van der Waals surface area contributed by atoms with Gasteiger partial charge in [0.1, 0.15) is 0 Å². The molecule has 192 valence electrons. The third-order valence-electron chi connectivity index (χ3n) is 7.23. The molecule has 1 N–H and O–H groups in total. The second-order valence-electron chi connectivity index (χ2n) is 9.64. The first-order valence-electron chi connectivity index (χ1n) is 13.1. The normalized spacial score (nSPS) is 18.1. The molecule has 1 aromatic heterocycles. The molecule has 3 aliphatic rings. The molecule has 7 nitrogen and oxygen atoms in total. The first-order chi connectivity index (χ1) is 18.7. The largest absolute Gasteiger partial charge is 0.481 e. The molecule has 0 unspecified atom stereocenters. The Morgan fingerprint density at radius 1 is 0.895 bits per heavy atom. The minimum Gasteiger partial charge on any atom is -0.481 e. The van der Waals surface area contributed by atoms with Crippen LogP contribution in [-0.4, -0.2) is 40.9 Å². The Labute approximate surface area is 222 Å². The van der Waals surface area contributed by atoms with E-state index in [-0.39, 0.29) is 6.04 Å². The molecule has 0 atom stereocenters. The molecule has 0 spiro atoms. The minimum absolute atomic E-state index is 0.243. The molecule has 1 fully saturated rings. The van der Waals surface area contributed by atoms with Gasteiger partial charge >= 0.3 is 0 Å². The quantitative estimate of drug-likeness (QED) is 0.281. The summed E-state index contributed by atoms with van der Waals surface area (Å²) in [6.45, 7) is 0. The monoisotopic (exact) mass is 505 g/mol. The number of fused-ring (bicyclic) bond motifs is 2. The summed E-state index contributed by atoms with van der Waals surface area (Å²) in [5.74, 6) is 0.575. The summed E-state index contributed by atoms with van der Waals surface area (Å²) in [6, 6.07) is 27.0. The lowest BCUT2D eigenvalue weighted by molar-refractivity contribution is 0.0663. The Morgan fingerprint density at radius 3 is 2.42 bits per heavy atom. The number of pyridine rings is 1. The van der Waals surface area contributed by atoms with Crippen LogP contribution < -0.4 is 15.4 Å². The number of rotatable bonds is 6. The summed E-state index contributed by atoms with van der Waals surface area (Å²) in [7, 11) is 3.42. The number of hydrogen-bond acceptors (Lipinski definition) is 6. The summed E-state index contributed by atoms with van der Waals surface area (Å²) in [6.07, 6.45) is 6.17. The molecule has 2 aliphatic carbocycles. The molecule has 3 aromatic rings. The third-order valence-corrected chi connectivity index (χ3v) is 7.23. The van der Waals surface area contributed by atoms with Gasteiger partial charge in [0.2, 0.25) is 5.88 Å². The van der Waals surface area contributed by atoms with Crippen LogP contribution in [-0.2, 0) is 4.74 Å². The van der Waals surface area contributed by atoms with E-state index in [4.69, 9.17) is 19.5 Å². The van der Waals surface area contributed by atoms with Gasteiger partial charge in [-0.1, -0.05) is 30.3 Å². The van der Waals surface area contributed by atoms with Gasteiger partial charge in [-0.25, -0.2) is 9.97 Å². The average Bonchev–Trinajstić information content (AvgIpc) is 2.97. The van der Waals surface area contributed by atoms with Crippen LogP contribution in [0.5, 0.6) is 5.88 Å². The van der Waals surface area contributed by atoms with Crippen molar-refractivity contribution in [1.82, 2.24) is 14.5 Å². The van der Waals surface area contributed by atoms with E-state index in [2.05, 4.69) is 69.5 Å². The maximum absolute atomic E-state index is 5.59. The Morgan fingerprint density at radius 2 is 1.68 bits per heavy atom. The fraction of sp³-hybridized carbons (Fsp3) is 0.258. The Hall–Kier alpha value is -4.23. The van der Waals surface area contributed by atoms with E-state index in [0.29, 0.717) is 12.0 Å². The molecule has 0 saturated heterocycles. The number of aromatic nitrogens is 3. The molecule has 0 amide bonds. The Kier molecular flexibility index (Phi) is 6.75. The molecular formula is C31H31N5O2. The van der Waals surface area contributed by atoms with Gasteiger partial charge in [-0.05, 0) is 68.1 Å². The molecular weight excluding hydrogens is 474 g/mol. The highest BCUT2D eigenvalue weighted by Gasteiger charge is 2.21. The van der Waals surface area contributed by atoms with Gasteiger partial charge in [0.25, 0.3) is 0 Å². The van der Waals surface area contributed by atoms with Crippen LogP contribution in [0.1, 0.15) is 25.7 Å². The summed E-state index contributed by atoms with van der Waals surface area (Å²) in [5.41, 5.74) is 6.74. The minimum atomic E-state index is 0.243. The zero-order valence-electron chi connectivity index (χ0n) is 21.7. The average molecular weight is 506 g/mol. The highest BCUT2D eigenvalue weighted by Crippen LogP contribution is 2.31. The molecule has 2 heterocycles. The van der Waals surface area contributed by atoms with Gasteiger partial charge in [-0.2, -0.15) is 0 Å². The Bertz CT molecular complexity index is 1570. The summed E-state index contributed by atoms with van der Waals surface area (Å²) < 4.78 is 13.1. The number of nitrogens with zero attached hydrogens (tertiary/aromatic N) is 4. The topological polar surface area (TPSA) is 73.6 Å². The highest BCUT2D eigenvalue weighted by molar-refractivity contribution is 5.84. The summed E-state index contributed by atoms with van der Waals surface area (Å²) in [5, 5.41) is 4.46. The molecule has 38 heavy (non-hydrogen) atoms. The van der Waals surface area contributed by atoms with Gasteiger partial charge in [0, 0.05) is 18.9 Å². The number of hydrogen-bond donors (Lipinski definition) is 1. The van der Waals surface area contributed by atoms with Gasteiger partial charge in [0.05, 0.1) is 64.6 Å². The van der Waals surface area contributed by atoms with Crippen molar-refractivity contribution < 1.29 is 9.47 Å². The van der Waals surface area contributed by atoms with Crippen molar-refractivity contribution in [2.24, 2.45) is 4.99 Å². The number of nitrogens with one attached hydrogen (secondary N) is 1. The van der Waals surface area contributed by atoms with E-state index in [0.717, 1.165) is 70.5 Å². The predicted molar refractivity (Wildman–Crippen MR) is 150 cm³/mol. The highest BCUT2D eigenvalue weighted by atomic mass is 16.5. The van der Waals surface area contributed by atoms with Crippen molar-refractivity contribution in [3.63, 3.8) is 0 Å². The van der Waals surface area contributed by atoms with Crippen LogP contribution in [0.2, 0.25) is 0 Å². The maximum atomic E-state index is 5.59. The van der Waals surface area contributed by atoms with Crippen molar-refractivity contribution in [1.29, 1.82) is 0 Å². The van der Waals surface area contributed by atoms with Crippen LogP contribution in [0.4, 0.5) is 11.4 Å². The number of ether oxygens (including phenoxy) is 2. The van der Waals surface area contributed by atoms with Crippen molar-refractivity contribution in [2.45, 2.75) is 37.8 Å². The molecule has 1 saturated carbocycles. The standard InChI is InChI=1S/C31H31N5O2/c1-37-24-15-12-21(13-16-24)33-27-19-30-28(18-26(27)34-22-14-17-31(38-2)32-20-22)35-25-10-6-7-11-29(25)36(30)23-8-4-3-5-9-23/h3-11,14,17-21,24,34H,12-13,15-16H2,1-2H3. The van der Waals surface area contributed by atoms with E-state index in [1.165, 1.54) is 0 Å². The second-order valence-corrected chi connectivity index (χ2v) is 9.64. The van der Waals surface area contributed by atoms with Crippen molar-refractivity contribution in [3.8, 4) is 23.0 Å². The third kappa shape index (κ3) is 4.85. The smallest absolute Gasteiger partial charge is 0.213 e. The number of methoxy groups -OCH3 is 2. The number of para-hydroxylation sites is 3. The number of benzene rings is 3. The van der Waals surface area contributed by atoms with E-state index in [1.54, 1.807) is 20.4 Å². The lowest BCUT2D eigenvalue weighted by atomic mass is 9.93. The predicted octanol–water partition coefficient (Wildman–Crippen LogP) is 6.14. The molecule has 0 radical (unpaired) electrons. The second kappa shape index (κ2) is 10.6. The molecule has 7 heteroatoms. The van der Waals surface area contributed by atoms with Crippen molar-refractivity contribution in [3.05, 3.63) is 90.4 Å². The van der Waals surface area contributed by atoms with Gasteiger partial charge in [-0.15, -0.1) is 0 Å². The first-order valence-corrected chi connectivity index (χ1v) is 13.1. The fourth-order valence-electron chi connectivity index (χ4n) is 5.24. The van der Waals surface area contributed by atoms with Crippen molar-refractivity contribution >= 4 is 22.4 Å². The summed E-state index contributed by atoms with van der Waals surface area (Å²) in [4.78, 5) is 14.7. The van der Waals surface area contributed by atoms with Crippen LogP contribution in [0.3, 0.4) is 0 Å². The lowest BCUT2D eigenvalue weighted by Gasteiger charge is -2.25. The zero-order chi connectivity index (χ0) is 25.9. The SMILES string of the molecule is COc1ccc(Nc2cc3nc4ccccc4n(-c4ccccc4)c-3cc2=NC2CCC(OC)CC2)cn1. The molecule has 6 rings (SSSR count). The van der Waals surface area contributed by atoms with Gasteiger partial charge < -0.3 is 19.4 Å².